The molecule has 2 N–H and O–H groups in total. The number of thiophene rings is 1. The van der Waals surface area contributed by atoms with E-state index in [4.69, 9.17) is 4.74 Å². The van der Waals surface area contributed by atoms with Crippen molar-refractivity contribution >= 4 is 44.5 Å². The van der Waals surface area contributed by atoms with Gasteiger partial charge in [-0.15, -0.1) is 11.3 Å². The Hall–Kier alpha value is -3.21. The van der Waals surface area contributed by atoms with Gasteiger partial charge in [-0.2, -0.15) is 0 Å². The second-order valence-electron chi connectivity index (χ2n) is 9.35. The van der Waals surface area contributed by atoms with Crippen LogP contribution in [0.3, 0.4) is 0 Å². The third kappa shape index (κ3) is 5.27. The molecule has 10 heteroatoms. The first-order valence-electron chi connectivity index (χ1n) is 12.3. The fourth-order valence-corrected chi connectivity index (χ4v) is 7.66. The van der Waals surface area contributed by atoms with Gasteiger partial charge in [-0.1, -0.05) is 42.5 Å². The molecule has 8 nitrogen and oxygen atoms in total. The molecule has 1 aromatic heterocycles. The molecule has 0 bridgehead atoms. The minimum atomic E-state index is -3.70. The highest BCUT2D eigenvalue weighted by Crippen LogP contribution is 2.36. The van der Waals surface area contributed by atoms with Gasteiger partial charge in [-0.3, -0.25) is 13.9 Å². The molecule has 0 aliphatic carbocycles. The van der Waals surface area contributed by atoms with E-state index >= 15 is 0 Å². The molecule has 0 radical (unpaired) electrons. The summed E-state index contributed by atoms with van der Waals surface area (Å²) >= 11 is 1.17. The van der Waals surface area contributed by atoms with Crippen LogP contribution in [0.15, 0.2) is 70.3 Å². The van der Waals surface area contributed by atoms with Crippen LogP contribution in [0.4, 0.5) is 11.4 Å². The summed E-state index contributed by atoms with van der Waals surface area (Å²) in [5.74, 6) is -1.53. The van der Waals surface area contributed by atoms with Crippen LogP contribution < -0.4 is 14.9 Å². The smallest absolute Gasteiger partial charge is 0.313 e. The van der Waals surface area contributed by atoms with E-state index in [9.17, 15) is 18.0 Å². The SMILES string of the molecule is O=C(NCC1(c2ccccc2)CCOCC1)C(=O)Nc1ccc2c(c1)N(S(=O)(=O)c1cccs1)CCC2. The van der Waals surface area contributed by atoms with Crippen LogP contribution in [0.5, 0.6) is 0 Å². The average molecular weight is 540 g/mol. The molecular formula is C27H29N3O5S2. The molecule has 0 unspecified atom stereocenters. The lowest BCUT2D eigenvalue weighted by atomic mass is 9.74. The number of rotatable bonds is 6. The molecule has 0 spiro atoms. The van der Waals surface area contributed by atoms with Gasteiger partial charge in [0.2, 0.25) is 0 Å². The molecule has 2 aliphatic heterocycles. The maximum atomic E-state index is 13.2. The molecular weight excluding hydrogens is 510 g/mol. The number of ether oxygens (including phenoxy) is 1. The van der Waals surface area contributed by atoms with Gasteiger partial charge >= 0.3 is 11.8 Å². The lowest BCUT2D eigenvalue weighted by molar-refractivity contribution is -0.136. The van der Waals surface area contributed by atoms with Gasteiger partial charge in [0.05, 0.1) is 5.69 Å². The van der Waals surface area contributed by atoms with Crippen molar-refractivity contribution < 1.29 is 22.7 Å². The lowest BCUT2D eigenvalue weighted by Crippen LogP contribution is -2.47. The molecule has 2 aromatic carbocycles. The number of anilines is 2. The number of aryl methyl sites for hydroxylation is 1. The fraction of sp³-hybridized carbons (Fsp3) is 0.333. The summed E-state index contributed by atoms with van der Waals surface area (Å²) in [7, 11) is -3.70. The Balaban J connectivity index is 1.29. The summed E-state index contributed by atoms with van der Waals surface area (Å²) in [6, 6.07) is 18.4. The summed E-state index contributed by atoms with van der Waals surface area (Å²) in [6.07, 6.45) is 2.95. The maximum Gasteiger partial charge on any atom is 0.313 e. The number of nitrogens with one attached hydrogen (secondary N) is 2. The number of amides is 2. The number of hydrogen-bond donors (Lipinski definition) is 2. The molecule has 2 aliphatic rings. The normalized spacial score (nSPS) is 17.0. The number of carbonyl (C=O) groups is 2. The number of nitrogens with zero attached hydrogens (tertiary/aromatic N) is 1. The van der Waals surface area contributed by atoms with Crippen LogP contribution in [0.1, 0.15) is 30.4 Å². The first-order valence-corrected chi connectivity index (χ1v) is 14.6. The van der Waals surface area contributed by atoms with Crippen molar-refractivity contribution in [3.8, 4) is 0 Å². The first kappa shape index (κ1) is 25.4. The zero-order valence-electron chi connectivity index (χ0n) is 20.3. The predicted octanol–water partition coefficient (Wildman–Crippen LogP) is 3.69. The molecule has 194 valence electrons. The largest absolute Gasteiger partial charge is 0.381 e. The third-order valence-corrected chi connectivity index (χ3v) is 10.3. The fourth-order valence-electron chi connectivity index (χ4n) is 5.03. The second kappa shape index (κ2) is 10.6. The second-order valence-corrected chi connectivity index (χ2v) is 12.4. The lowest BCUT2D eigenvalue weighted by Gasteiger charge is -2.37. The van der Waals surface area contributed by atoms with Gasteiger partial charge < -0.3 is 15.4 Å². The summed E-state index contributed by atoms with van der Waals surface area (Å²) in [4.78, 5) is 25.6. The van der Waals surface area contributed by atoms with E-state index in [0.29, 0.717) is 44.1 Å². The predicted molar refractivity (Wildman–Crippen MR) is 143 cm³/mol. The van der Waals surface area contributed by atoms with Crippen LogP contribution in [0.25, 0.3) is 0 Å². The molecule has 3 aromatic rings. The van der Waals surface area contributed by atoms with E-state index in [1.807, 2.05) is 36.4 Å². The molecule has 37 heavy (non-hydrogen) atoms. The highest BCUT2D eigenvalue weighted by atomic mass is 32.2. The minimum Gasteiger partial charge on any atom is -0.381 e. The van der Waals surface area contributed by atoms with Crippen molar-refractivity contribution in [3.63, 3.8) is 0 Å². The van der Waals surface area contributed by atoms with E-state index in [-0.39, 0.29) is 9.62 Å². The number of fused-ring (bicyclic) bond motifs is 1. The summed E-state index contributed by atoms with van der Waals surface area (Å²) in [6.45, 7) is 1.87. The van der Waals surface area contributed by atoms with Gasteiger partial charge in [-0.05, 0) is 60.4 Å². The van der Waals surface area contributed by atoms with Crippen LogP contribution in [0, 0.1) is 0 Å². The number of hydrogen-bond acceptors (Lipinski definition) is 6. The molecule has 0 atom stereocenters. The van der Waals surface area contributed by atoms with Gasteiger partial charge in [-0.25, -0.2) is 8.42 Å². The Morgan fingerprint density at radius 2 is 1.78 bits per heavy atom. The van der Waals surface area contributed by atoms with E-state index < -0.39 is 21.8 Å². The monoisotopic (exact) mass is 539 g/mol. The van der Waals surface area contributed by atoms with Gasteiger partial charge in [0.1, 0.15) is 4.21 Å². The van der Waals surface area contributed by atoms with Crippen LogP contribution in [-0.4, -0.2) is 46.5 Å². The van der Waals surface area contributed by atoms with E-state index in [1.165, 1.54) is 15.6 Å². The minimum absolute atomic E-state index is 0.273. The van der Waals surface area contributed by atoms with Gasteiger partial charge in [0.15, 0.2) is 0 Å². The zero-order chi connectivity index (χ0) is 25.9. The van der Waals surface area contributed by atoms with E-state index in [1.54, 1.807) is 29.6 Å². The zero-order valence-corrected chi connectivity index (χ0v) is 21.9. The van der Waals surface area contributed by atoms with Gasteiger partial charge in [0.25, 0.3) is 10.0 Å². The van der Waals surface area contributed by atoms with Crippen molar-refractivity contribution in [2.24, 2.45) is 0 Å². The number of carbonyl (C=O) groups excluding carboxylic acids is 2. The van der Waals surface area contributed by atoms with Crippen LogP contribution >= 0.6 is 11.3 Å². The van der Waals surface area contributed by atoms with Crippen LogP contribution in [-0.2, 0) is 36.2 Å². The third-order valence-electron chi connectivity index (χ3n) is 7.09. The van der Waals surface area contributed by atoms with Crippen molar-refractivity contribution in [2.75, 3.05) is 35.9 Å². The Bertz CT molecular complexity index is 1370. The summed E-state index contributed by atoms with van der Waals surface area (Å²) in [5.41, 5.74) is 2.61. The summed E-state index contributed by atoms with van der Waals surface area (Å²) < 4.78 is 33.6. The number of benzene rings is 2. The molecule has 5 rings (SSSR count). The first-order chi connectivity index (χ1) is 17.9. The molecule has 3 heterocycles. The summed E-state index contributed by atoms with van der Waals surface area (Å²) in [5, 5.41) is 7.19. The molecule has 2 amide bonds. The van der Waals surface area contributed by atoms with Gasteiger partial charge in [0, 0.05) is 37.4 Å². The highest BCUT2D eigenvalue weighted by Gasteiger charge is 2.35. The number of sulfonamides is 1. The standard InChI is InChI=1S/C27H29N3O5S2/c31-25(28-19-27(12-15-35-16-13-27)21-7-2-1-3-8-21)26(32)29-22-11-10-20-6-4-14-30(23(20)18-22)37(33,34)24-9-5-17-36-24/h1-3,5,7-11,17-18H,4,6,12-16,19H2,(H,28,31)(H,29,32). The molecule has 1 fully saturated rings. The Kier molecular flexibility index (Phi) is 7.32. The van der Waals surface area contributed by atoms with Crippen molar-refractivity contribution in [3.05, 3.63) is 77.2 Å². The van der Waals surface area contributed by atoms with Crippen molar-refractivity contribution in [1.29, 1.82) is 0 Å². The Labute approximate surface area is 220 Å². The van der Waals surface area contributed by atoms with Crippen LogP contribution in [0.2, 0.25) is 0 Å². The molecule has 0 saturated carbocycles. The maximum absolute atomic E-state index is 13.2. The Morgan fingerprint density at radius 1 is 1.00 bits per heavy atom. The quantitative estimate of drug-likeness (QED) is 0.465. The Morgan fingerprint density at radius 3 is 2.51 bits per heavy atom. The van der Waals surface area contributed by atoms with Crippen molar-refractivity contribution in [1.82, 2.24) is 5.32 Å². The molecule has 1 saturated heterocycles. The topological polar surface area (TPSA) is 105 Å². The highest BCUT2D eigenvalue weighted by molar-refractivity contribution is 7.94. The average Bonchev–Trinajstić information content (AvgIpc) is 3.48. The van der Waals surface area contributed by atoms with E-state index in [2.05, 4.69) is 10.6 Å². The van der Waals surface area contributed by atoms with Crippen molar-refractivity contribution in [2.45, 2.75) is 35.3 Å². The van der Waals surface area contributed by atoms with E-state index in [0.717, 1.165) is 30.4 Å².